The van der Waals surface area contributed by atoms with Crippen LogP contribution in [0.15, 0.2) is 42.5 Å². The number of rotatable bonds is 3. The second-order valence-electron chi connectivity index (χ2n) is 4.54. The second kappa shape index (κ2) is 5.08. The van der Waals surface area contributed by atoms with Crippen molar-refractivity contribution < 1.29 is 4.39 Å². The Hall–Kier alpha value is -2.03. The molecule has 2 nitrogen and oxygen atoms in total. The molecule has 18 heavy (non-hydrogen) atoms. The Morgan fingerprint density at radius 3 is 2.44 bits per heavy atom. The van der Waals surface area contributed by atoms with Gasteiger partial charge in [0.2, 0.25) is 0 Å². The first-order valence-corrected chi connectivity index (χ1v) is 5.88. The Bertz CT molecular complexity index is 535. The third kappa shape index (κ3) is 2.80. The van der Waals surface area contributed by atoms with E-state index in [-0.39, 0.29) is 5.82 Å². The van der Waals surface area contributed by atoms with Crippen LogP contribution < -0.4 is 10.6 Å². The monoisotopic (exact) mass is 244 g/mol. The molecule has 0 radical (unpaired) electrons. The first kappa shape index (κ1) is 12.4. The van der Waals surface area contributed by atoms with Crippen LogP contribution in [-0.2, 0) is 6.54 Å². The highest BCUT2D eigenvalue weighted by Crippen LogP contribution is 2.24. The van der Waals surface area contributed by atoms with Gasteiger partial charge in [0.25, 0.3) is 0 Å². The molecule has 0 bridgehead atoms. The fourth-order valence-corrected chi connectivity index (χ4v) is 1.90. The van der Waals surface area contributed by atoms with E-state index in [1.165, 1.54) is 23.3 Å². The topological polar surface area (TPSA) is 29.3 Å². The molecule has 2 aromatic rings. The Morgan fingerprint density at radius 1 is 1.11 bits per heavy atom. The normalized spacial score (nSPS) is 10.4. The van der Waals surface area contributed by atoms with Gasteiger partial charge in [-0.1, -0.05) is 29.8 Å². The number of hydrogen-bond acceptors (Lipinski definition) is 2. The van der Waals surface area contributed by atoms with Crippen LogP contribution in [0.5, 0.6) is 0 Å². The lowest BCUT2D eigenvalue weighted by atomic mass is 10.1. The van der Waals surface area contributed by atoms with Crippen LogP contribution in [0.4, 0.5) is 15.8 Å². The molecule has 0 aliphatic heterocycles. The summed E-state index contributed by atoms with van der Waals surface area (Å²) in [5.74, 6) is -0.269. The molecule has 2 aromatic carbocycles. The molecule has 0 heterocycles. The largest absolute Gasteiger partial charge is 0.397 e. The Labute approximate surface area is 107 Å². The van der Waals surface area contributed by atoms with Crippen LogP contribution >= 0.6 is 0 Å². The molecule has 0 fully saturated rings. The third-order valence-corrected chi connectivity index (χ3v) is 2.94. The zero-order valence-electron chi connectivity index (χ0n) is 10.7. The van der Waals surface area contributed by atoms with Gasteiger partial charge in [-0.05, 0) is 30.7 Å². The fraction of sp³-hybridized carbons (Fsp3) is 0.200. The van der Waals surface area contributed by atoms with Gasteiger partial charge >= 0.3 is 0 Å². The molecule has 2 rings (SSSR count). The minimum absolute atomic E-state index is 0.269. The van der Waals surface area contributed by atoms with E-state index in [4.69, 9.17) is 5.73 Å². The Kier molecular flexibility index (Phi) is 3.51. The summed E-state index contributed by atoms with van der Waals surface area (Å²) >= 11 is 0. The van der Waals surface area contributed by atoms with Gasteiger partial charge < -0.3 is 10.6 Å². The highest BCUT2D eigenvalue weighted by atomic mass is 19.1. The third-order valence-electron chi connectivity index (χ3n) is 2.94. The summed E-state index contributed by atoms with van der Waals surface area (Å²) in [6, 6.07) is 12.7. The number of halogens is 1. The van der Waals surface area contributed by atoms with Crippen molar-refractivity contribution in [3.05, 3.63) is 59.4 Å². The summed E-state index contributed by atoms with van der Waals surface area (Å²) in [4.78, 5) is 1.95. The van der Waals surface area contributed by atoms with Crippen molar-refractivity contribution in [1.29, 1.82) is 0 Å². The maximum Gasteiger partial charge on any atom is 0.125 e. The van der Waals surface area contributed by atoms with E-state index in [1.807, 2.05) is 11.9 Å². The van der Waals surface area contributed by atoms with Crippen molar-refractivity contribution in [2.24, 2.45) is 0 Å². The van der Waals surface area contributed by atoms with Gasteiger partial charge in [-0.25, -0.2) is 4.39 Å². The zero-order chi connectivity index (χ0) is 13.1. The summed E-state index contributed by atoms with van der Waals surface area (Å²) in [6.07, 6.45) is 0. The molecule has 0 saturated heterocycles. The van der Waals surface area contributed by atoms with Crippen molar-refractivity contribution in [3.8, 4) is 0 Å². The lowest BCUT2D eigenvalue weighted by Crippen LogP contribution is -2.18. The van der Waals surface area contributed by atoms with Crippen molar-refractivity contribution in [1.82, 2.24) is 0 Å². The quantitative estimate of drug-likeness (QED) is 0.839. The molecule has 0 aliphatic rings. The van der Waals surface area contributed by atoms with Crippen LogP contribution in [-0.4, -0.2) is 7.05 Å². The van der Waals surface area contributed by atoms with E-state index in [1.54, 1.807) is 6.07 Å². The van der Waals surface area contributed by atoms with Gasteiger partial charge in [-0.3, -0.25) is 0 Å². The minimum Gasteiger partial charge on any atom is -0.397 e. The summed E-state index contributed by atoms with van der Waals surface area (Å²) in [7, 11) is 1.91. The average Bonchev–Trinajstić information content (AvgIpc) is 2.35. The molecule has 0 atom stereocenters. The summed E-state index contributed by atoms with van der Waals surface area (Å²) < 4.78 is 13.2. The lowest BCUT2D eigenvalue weighted by Gasteiger charge is -2.21. The molecular weight excluding hydrogens is 227 g/mol. The van der Waals surface area contributed by atoms with Crippen molar-refractivity contribution in [2.45, 2.75) is 13.5 Å². The molecule has 2 N–H and O–H groups in total. The van der Waals surface area contributed by atoms with Crippen molar-refractivity contribution in [3.63, 3.8) is 0 Å². The van der Waals surface area contributed by atoms with Gasteiger partial charge in [0, 0.05) is 13.6 Å². The first-order valence-electron chi connectivity index (χ1n) is 5.88. The predicted octanol–water partition coefficient (Wildman–Crippen LogP) is 3.35. The van der Waals surface area contributed by atoms with Crippen molar-refractivity contribution >= 4 is 11.4 Å². The molecule has 0 aromatic heterocycles. The zero-order valence-corrected chi connectivity index (χ0v) is 10.7. The van der Waals surface area contributed by atoms with E-state index in [2.05, 4.69) is 31.2 Å². The average molecular weight is 244 g/mol. The van der Waals surface area contributed by atoms with Crippen LogP contribution in [0.25, 0.3) is 0 Å². The van der Waals surface area contributed by atoms with Gasteiger partial charge in [0.1, 0.15) is 5.82 Å². The summed E-state index contributed by atoms with van der Waals surface area (Å²) in [5, 5.41) is 0. The van der Waals surface area contributed by atoms with Crippen molar-refractivity contribution in [2.75, 3.05) is 17.7 Å². The summed E-state index contributed by atoms with van der Waals surface area (Å²) in [6.45, 7) is 2.76. The smallest absolute Gasteiger partial charge is 0.125 e. The van der Waals surface area contributed by atoms with Gasteiger partial charge in [0.05, 0.1) is 11.4 Å². The number of benzene rings is 2. The molecule has 0 spiro atoms. The number of anilines is 2. The number of nitrogens with two attached hydrogens (primary N) is 1. The number of hydrogen-bond donors (Lipinski definition) is 1. The van der Waals surface area contributed by atoms with Gasteiger partial charge in [0.15, 0.2) is 0 Å². The van der Waals surface area contributed by atoms with Gasteiger partial charge in [-0.2, -0.15) is 0 Å². The van der Waals surface area contributed by atoms with Crippen LogP contribution in [0.3, 0.4) is 0 Å². The first-order chi connectivity index (χ1) is 8.56. The number of nitrogens with zero attached hydrogens (tertiary/aromatic N) is 1. The van der Waals surface area contributed by atoms with Crippen LogP contribution in [0.2, 0.25) is 0 Å². The maximum absolute atomic E-state index is 13.2. The van der Waals surface area contributed by atoms with E-state index in [9.17, 15) is 4.39 Å². The van der Waals surface area contributed by atoms with E-state index < -0.39 is 0 Å². The van der Waals surface area contributed by atoms with Crippen LogP contribution in [0, 0.1) is 12.7 Å². The highest BCUT2D eigenvalue weighted by Gasteiger charge is 2.07. The minimum atomic E-state index is -0.269. The standard InChI is InChI=1S/C15H17FN2/c1-11-3-5-12(6-4-11)10-18(2)15-9-13(16)7-8-14(15)17/h3-9H,10,17H2,1-2H3. The molecule has 0 aliphatic carbocycles. The van der Waals surface area contributed by atoms with E-state index in [0.29, 0.717) is 12.2 Å². The maximum atomic E-state index is 13.2. The molecule has 94 valence electrons. The van der Waals surface area contributed by atoms with Gasteiger partial charge in [-0.15, -0.1) is 0 Å². The summed E-state index contributed by atoms with van der Waals surface area (Å²) in [5.41, 5.74) is 9.57. The molecule has 0 unspecified atom stereocenters. The second-order valence-corrected chi connectivity index (χ2v) is 4.54. The number of aryl methyl sites for hydroxylation is 1. The van der Waals surface area contributed by atoms with E-state index >= 15 is 0 Å². The molecule has 3 heteroatoms. The lowest BCUT2D eigenvalue weighted by molar-refractivity contribution is 0.627. The molecule has 0 saturated carbocycles. The fourth-order valence-electron chi connectivity index (χ4n) is 1.90. The van der Waals surface area contributed by atoms with Crippen LogP contribution in [0.1, 0.15) is 11.1 Å². The SMILES string of the molecule is Cc1ccc(CN(C)c2cc(F)ccc2N)cc1. The Morgan fingerprint density at radius 2 is 1.78 bits per heavy atom. The predicted molar refractivity (Wildman–Crippen MR) is 74.1 cm³/mol. The highest BCUT2D eigenvalue weighted by molar-refractivity contribution is 5.67. The van der Waals surface area contributed by atoms with E-state index in [0.717, 1.165) is 5.69 Å². The Balaban J connectivity index is 2.18. The molecular formula is C15H17FN2. The number of nitrogen functional groups attached to an aromatic ring is 1. The molecule has 0 amide bonds.